The maximum Gasteiger partial charge on any atom is 0.318 e. The molecule has 0 radical (unpaired) electrons. The topological polar surface area (TPSA) is 106 Å². The highest BCUT2D eigenvalue weighted by Crippen LogP contribution is 2.26. The molecule has 0 fully saturated rings. The molecule has 0 saturated heterocycles. The van der Waals surface area contributed by atoms with E-state index in [-0.39, 0.29) is 12.6 Å². The maximum atomic E-state index is 10.9. The molecule has 2 aromatic heterocycles. The van der Waals surface area contributed by atoms with Crippen LogP contribution >= 0.6 is 0 Å². The summed E-state index contributed by atoms with van der Waals surface area (Å²) in [7, 11) is 0. The highest BCUT2D eigenvalue weighted by atomic mass is 16.5. The Kier molecular flexibility index (Phi) is 5.23. The van der Waals surface area contributed by atoms with E-state index >= 15 is 0 Å². The average Bonchev–Trinajstić information content (AvgIpc) is 3.39. The van der Waals surface area contributed by atoms with Crippen LogP contribution in [-0.2, 0) is 41.8 Å². The minimum Gasteiger partial charge on any atom is -0.465 e. The van der Waals surface area contributed by atoms with Gasteiger partial charge in [0.1, 0.15) is 6.61 Å². The highest BCUT2D eigenvalue weighted by molar-refractivity contribution is 5.65. The maximum absolute atomic E-state index is 10.9. The minimum absolute atomic E-state index is 0.232. The zero-order valence-electron chi connectivity index (χ0n) is 17.4. The van der Waals surface area contributed by atoms with Gasteiger partial charge in [0.15, 0.2) is 0 Å². The summed E-state index contributed by atoms with van der Waals surface area (Å²) in [5, 5.41) is 11.7. The predicted molar refractivity (Wildman–Crippen MR) is 113 cm³/mol. The lowest BCUT2D eigenvalue weighted by atomic mass is 10.1. The van der Waals surface area contributed by atoms with Gasteiger partial charge in [0.2, 0.25) is 11.8 Å². The van der Waals surface area contributed by atoms with Crippen molar-refractivity contribution >= 4 is 17.9 Å². The third kappa shape index (κ3) is 4.35. The van der Waals surface area contributed by atoms with Crippen LogP contribution in [0.3, 0.4) is 0 Å². The molecule has 3 heterocycles. The van der Waals surface area contributed by atoms with Gasteiger partial charge in [0.05, 0.1) is 18.7 Å². The first-order valence-electron chi connectivity index (χ1n) is 10.5. The molecule has 1 aromatic carbocycles. The SMILES string of the molecule is CC(=O)OCCc1nnc(N2CCc3nc(NC4Cc5ccccc5C4)ncc3C2)o1. The third-order valence-corrected chi connectivity index (χ3v) is 5.67. The first-order valence-corrected chi connectivity index (χ1v) is 10.5. The summed E-state index contributed by atoms with van der Waals surface area (Å²) in [6.07, 6.45) is 5.07. The Labute approximate surface area is 179 Å². The largest absolute Gasteiger partial charge is 0.465 e. The van der Waals surface area contributed by atoms with Crippen molar-refractivity contribution in [1.29, 1.82) is 0 Å². The van der Waals surface area contributed by atoms with E-state index < -0.39 is 0 Å². The van der Waals surface area contributed by atoms with Gasteiger partial charge in [0, 0.05) is 37.7 Å². The summed E-state index contributed by atoms with van der Waals surface area (Å²) in [6.45, 7) is 2.97. The number of aromatic nitrogens is 4. The first kappa shape index (κ1) is 19.5. The van der Waals surface area contributed by atoms with E-state index in [1.165, 1.54) is 18.1 Å². The summed E-state index contributed by atoms with van der Waals surface area (Å²) in [5.74, 6) is 0.824. The number of carbonyl (C=O) groups excluding carboxylic acids is 1. The molecule has 31 heavy (non-hydrogen) atoms. The van der Waals surface area contributed by atoms with E-state index in [1.807, 2.05) is 11.1 Å². The second kappa shape index (κ2) is 8.33. The van der Waals surface area contributed by atoms with Gasteiger partial charge in [-0.3, -0.25) is 4.79 Å². The Morgan fingerprint density at radius 3 is 2.81 bits per heavy atom. The van der Waals surface area contributed by atoms with Crippen molar-refractivity contribution in [3.05, 3.63) is 58.7 Å². The number of benzene rings is 1. The summed E-state index contributed by atoms with van der Waals surface area (Å²) in [5.41, 5.74) is 4.92. The number of nitrogens with one attached hydrogen (secondary N) is 1. The van der Waals surface area contributed by atoms with Gasteiger partial charge in [-0.25, -0.2) is 9.97 Å². The molecule has 1 N–H and O–H groups in total. The Hall–Kier alpha value is -3.49. The van der Waals surface area contributed by atoms with Crippen molar-refractivity contribution in [1.82, 2.24) is 20.2 Å². The van der Waals surface area contributed by atoms with E-state index in [0.29, 0.717) is 36.9 Å². The van der Waals surface area contributed by atoms with Crippen molar-refractivity contribution in [3.63, 3.8) is 0 Å². The number of nitrogens with zero attached hydrogens (tertiary/aromatic N) is 5. The fourth-order valence-corrected chi connectivity index (χ4v) is 4.15. The van der Waals surface area contributed by atoms with Crippen molar-refractivity contribution in [2.75, 3.05) is 23.4 Å². The van der Waals surface area contributed by atoms with Crippen LogP contribution in [0.1, 0.15) is 35.2 Å². The predicted octanol–water partition coefficient (Wildman–Crippen LogP) is 2.11. The molecule has 1 aliphatic carbocycles. The van der Waals surface area contributed by atoms with Crippen molar-refractivity contribution < 1.29 is 13.9 Å². The van der Waals surface area contributed by atoms with Gasteiger partial charge in [-0.15, -0.1) is 5.10 Å². The fraction of sp³-hybridized carbons (Fsp3) is 0.409. The van der Waals surface area contributed by atoms with Crippen LogP contribution in [0.4, 0.5) is 12.0 Å². The van der Waals surface area contributed by atoms with E-state index in [0.717, 1.165) is 37.1 Å². The molecule has 3 aromatic rings. The number of anilines is 2. The normalized spacial score (nSPS) is 15.5. The van der Waals surface area contributed by atoms with Crippen LogP contribution in [-0.4, -0.2) is 45.3 Å². The molecule has 0 atom stereocenters. The number of hydrogen-bond acceptors (Lipinski definition) is 9. The Morgan fingerprint density at radius 1 is 1.23 bits per heavy atom. The lowest BCUT2D eigenvalue weighted by Gasteiger charge is -2.26. The average molecular weight is 420 g/mol. The van der Waals surface area contributed by atoms with E-state index in [4.69, 9.17) is 14.1 Å². The second-order valence-corrected chi connectivity index (χ2v) is 7.92. The summed E-state index contributed by atoms with van der Waals surface area (Å²) in [4.78, 5) is 22.2. The number of carbonyl (C=O) groups is 1. The first-order chi connectivity index (χ1) is 15.1. The molecule has 160 valence electrons. The van der Waals surface area contributed by atoms with Crippen molar-refractivity contribution in [2.24, 2.45) is 0 Å². The fourth-order valence-electron chi connectivity index (χ4n) is 4.15. The quantitative estimate of drug-likeness (QED) is 0.600. The van der Waals surface area contributed by atoms with E-state index in [2.05, 4.69) is 44.8 Å². The van der Waals surface area contributed by atoms with Crippen molar-refractivity contribution in [3.8, 4) is 0 Å². The molecule has 0 saturated carbocycles. The summed E-state index contributed by atoms with van der Waals surface area (Å²) < 4.78 is 10.6. The standard InChI is InChI=1S/C22H24N6O3/c1-14(29)30-9-7-20-26-27-22(31-20)28-8-6-19-17(13-28)12-23-21(25-19)24-18-10-15-4-2-3-5-16(15)11-18/h2-5,12,18H,6-11,13H2,1H3,(H,23,24,25). The van der Waals surface area contributed by atoms with Gasteiger partial charge in [-0.1, -0.05) is 29.4 Å². The monoisotopic (exact) mass is 420 g/mol. The summed E-state index contributed by atoms with van der Waals surface area (Å²) >= 11 is 0. The zero-order chi connectivity index (χ0) is 21.2. The van der Waals surface area contributed by atoms with Gasteiger partial charge in [0.25, 0.3) is 0 Å². The molecule has 1 aliphatic heterocycles. The molecule has 0 bridgehead atoms. The number of hydrogen-bond donors (Lipinski definition) is 1. The molecule has 0 amide bonds. The Morgan fingerprint density at radius 2 is 2.03 bits per heavy atom. The van der Waals surface area contributed by atoms with Crippen LogP contribution in [0.15, 0.2) is 34.9 Å². The number of esters is 1. The van der Waals surface area contributed by atoms with Gasteiger partial charge >= 0.3 is 12.0 Å². The molecule has 2 aliphatic rings. The lowest BCUT2D eigenvalue weighted by molar-refractivity contribution is -0.140. The van der Waals surface area contributed by atoms with Crippen LogP contribution < -0.4 is 10.2 Å². The third-order valence-electron chi connectivity index (χ3n) is 5.67. The number of ether oxygens (including phenoxy) is 1. The molecule has 0 unspecified atom stereocenters. The van der Waals surface area contributed by atoms with E-state index in [1.54, 1.807) is 0 Å². The van der Waals surface area contributed by atoms with Crippen LogP contribution in [0.2, 0.25) is 0 Å². The number of fused-ring (bicyclic) bond motifs is 2. The second-order valence-electron chi connectivity index (χ2n) is 7.92. The van der Waals surface area contributed by atoms with Gasteiger partial charge in [-0.2, -0.15) is 0 Å². The molecule has 5 rings (SSSR count). The lowest BCUT2D eigenvalue weighted by Crippen LogP contribution is -2.32. The minimum atomic E-state index is -0.321. The van der Waals surface area contributed by atoms with E-state index in [9.17, 15) is 4.79 Å². The number of rotatable bonds is 6. The smallest absolute Gasteiger partial charge is 0.318 e. The van der Waals surface area contributed by atoms with Crippen LogP contribution in [0.25, 0.3) is 0 Å². The molecular formula is C22H24N6O3. The molecule has 9 heteroatoms. The van der Waals surface area contributed by atoms with Gasteiger partial charge in [-0.05, 0) is 24.0 Å². The van der Waals surface area contributed by atoms with Crippen LogP contribution in [0, 0.1) is 0 Å². The Balaban J connectivity index is 1.20. The Bertz CT molecular complexity index is 1070. The van der Waals surface area contributed by atoms with Gasteiger partial charge < -0.3 is 19.4 Å². The molecule has 9 nitrogen and oxygen atoms in total. The van der Waals surface area contributed by atoms with Crippen LogP contribution in [0.5, 0.6) is 0 Å². The zero-order valence-corrected chi connectivity index (χ0v) is 17.4. The molecular weight excluding hydrogens is 396 g/mol. The highest BCUT2D eigenvalue weighted by Gasteiger charge is 2.25. The molecule has 0 spiro atoms. The summed E-state index contributed by atoms with van der Waals surface area (Å²) in [6, 6.07) is 9.37. The van der Waals surface area contributed by atoms with Crippen molar-refractivity contribution in [2.45, 2.75) is 45.2 Å².